The SMILES string of the molecule is CC(=O)C=C(C)O.CC(=O)C=C(C)O.CCC(CC)C(=O)C=C(O)C(CC)CC.Cc1[c-]c(-c2ccc3c(C4CCC4)cccc3n2)cc(C)c1.Cc1cnc2c3[c-]cc(-c4ccccc4)cc3c3cc(-c4ccccc4)ccc3c2n1.[Ir].[Ir].[Ir].[Ir].[c-]1ccccc1-c1cc(-c2ccccn2)ccn1.[c-]1ccccc1-c1ccccn1.[c-]1ccccc1-c1nccc2ccccc12.c1ccc2c(c1)C[n+]1ccc3ccccc3c1-2. The molecule has 20 aromatic rings. The first-order valence-corrected chi connectivity index (χ1v) is 49.4. The smallest absolute Gasteiger partial charge is 0.221 e. The predicted molar refractivity (Wildman–Crippen MR) is 594 cm³/mol. The number of carbonyl (C=O) groups is 3. The number of rotatable bonds is 17. The van der Waals surface area contributed by atoms with Gasteiger partial charge >= 0.3 is 0 Å². The number of aliphatic hydroxyl groups is 3. The third-order valence-corrected chi connectivity index (χ3v) is 25.0. The number of carbonyl (C=O) groups excluding carboxylic acids is 3. The molecule has 149 heavy (non-hydrogen) atoms. The normalized spacial score (nSPS) is 11.5. The van der Waals surface area contributed by atoms with Crippen LogP contribution in [0.3, 0.4) is 0 Å². The summed E-state index contributed by atoms with van der Waals surface area (Å²) >= 11 is 0. The van der Waals surface area contributed by atoms with Gasteiger partial charge in [-0.3, -0.25) is 29.3 Å². The number of pyridine rings is 6. The van der Waals surface area contributed by atoms with E-state index < -0.39 is 0 Å². The molecule has 2 aliphatic rings. The van der Waals surface area contributed by atoms with Crippen LogP contribution in [0.15, 0.2) is 412 Å². The van der Waals surface area contributed by atoms with Crippen molar-refractivity contribution in [2.75, 3.05) is 0 Å². The first kappa shape index (κ1) is 117. The maximum atomic E-state index is 11.7. The van der Waals surface area contributed by atoms with Crippen molar-refractivity contribution in [2.45, 2.75) is 134 Å². The fourth-order valence-corrected chi connectivity index (χ4v) is 17.7. The third-order valence-electron chi connectivity index (χ3n) is 25.0. The second-order valence-corrected chi connectivity index (χ2v) is 35.8. The Labute approximate surface area is 929 Å². The molecule has 22 rings (SSSR count). The molecule has 8 heterocycles. The van der Waals surface area contributed by atoms with Gasteiger partial charge in [-0.2, -0.15) is 4.57 Å². The number of hydrogen-bond donors (Lipinski definition) is 3. The number of benzene rings is 13. The number of fused-ring (bicyclic) bond motifs is 13. The van der Waals surface area contributed by atoms with Crippen LogP contribution in [0.1, 0.15) is 134 Å². The minimum atomic E-state index is -0.125. The topological polar surface area (TPSA) is 206 Å². The van der Waals surface area contributed by atoms with Gasteiger partial charge in [0.15, 0.2) is 30.1 Å². The van der Waals surface area contributed by atoms with Crippen molar-refractivity contribution in [1.29, 1.82) is 0 Å². The molecule has 1 saturated carbocycles. The van der Waals surface area contributed by atoms with E-state index in [2.05, 4.69) is 263 Å². The molecule has 760 valence electrons. The Hall–Kier alpha value is -14.4. The zero-order chi connectivity index (χ0) is 102. The van der Waals surface area contributed by atoms with E-state index in [0.29, 0.717) is 0 Å². The fourth-order valence-electron chi connectivity index (χ4n) is 17.7. The summed E-state index contributed by atoms with van der Waals surface area (Å²) in [6.07, 6.45) is 22.5. The first-order valence-electron chi connectivity index (χ1n) is 49.4. The summed E-state index contributed by atoms with van der Waals surface area (Å²) in [6, 6.07) is 133. The van der Waals surface area contributed by atoms with Crippen molar-refractivity contribution in [2.24, 2.45) is 11.8 Å². The van der Waals surface area contributed by atoms with Gasteiger partial charge in [0.1, 0.15) is 0 Å². The second-order valence-electron chi connectivity index (χ2n) is 35.8. The van der Waals surface area contributed by atoms with Crippen LogP contribution in [-0.2, 0) is 101 Å². The number of hydrogen-bond acceptors (Lipinski definition) is 13. The molecule has 1 fully saturated rings. The van der Waals surface area contributed by atoms with Crippen LogP contribution in [0.4, 0.5) is 0 Å². The Kier molecular flexibility index (Phi) is 46.1. The van der Waals surface area contributed by atoms with Crippen molar-refractivity contribution >= 4 is 82.4 Å². The number of aromatic nitrogens is 8. The summed E-state index contributed by atoms with van der Waals surface area (Å²) in [6.45, 7) is 21.0. The van der Waals surface area contributed by atoms with Crippen LogP contribution in [0, 0.1) is 62.9 Å². The van der Waals surface area contributed by atoms with Crippen molar-refractivity contribution < 1.29 is 115 Å². The number of allylic oxidation sites excluding steroid dienone is 6. The minimum absolute atomic E-state index is 0. The van der Waals surface area contributed by atoms with Gasteiger partial charge in [-0.25, -0.2) is 0 Å². The molecule has 4 radical (unpaired) electrons. The van der Waals surface area contributed by atoms with Crippen LogP contribution in [-0.4, -0.2) is 67.6 Å². The predicted octanol–water partition coefficient (Wildman–Crippen LogP) is 31.9. The standard InChI is InChI=1S/C29H19N2.C21H20N.C16H11N2.C16H12N.C15H10N.C13H24O2.C11H8N.2C5H8O2.4Ir/c1-19-18-30-28-24-14-12-22(20-8-4-2-5-9-20)16-26(24)27-17-23(21-10-6-3-7-11-21)13-15-25(27)29(28)31-19;1-14-11-15(2)13-17(12-14)20-10-9-19-18(16-5-3-6-16)7-4-8-21(19)22-20;1-2-6-13(7-3-1)16-12-14(9-11-18-16)15-8-4-5-10-17-15;1-3-7-14-12(5-1)9-10-17-11-13-6-2-4-8-15(13)16(14)17;1-2-7-13(8-3-1)15-14-9-5-4-6-12(14)10-11-16-15;1-5-10(6-2)12(14)9-13(15)11(7-3)8-4;1-2-6-10(7-3-1)11-8-4-5-9-12-11;2*1-4(6)3-5(2)7;;;;/h2-13,15-18H,1H3;4,7-12,16H,3,5-6H2,1-2H3;1-6,8-12H;1-10H,11H2;1-7,9-11H;9-11,14H,5-8H2,1-4H3;1-6,8-9H;2*3,6H,1-2H3;;;;/q3*-1;+1;-1;;-1;;;;;;. The molecule has 3 N–H and O–H groups in total. The molecule has 0 spiro atoms. The van der Waals surface area contributed by atoms with Crippen molar-refractivity contribution in [3.05, 3.63) is 471 Å². The number of aryl methyl sites for hydroxylation is 3. The van der Waals surface area contributed by atoms with Crippen LogP contribution in [0.2, 0.25) is 0 Å². The van der Waals surface area contributed by atoms with Gasteiger partial charge in [-0.1, -0.05) is 258 Å². The van der Waals surface area contributed by atoms with Crippen LogP contribution >= 0.6 is 0 Å². The molecule has 0 bridgehead atoms. The van der Waals surface area contributed by atoms with E-state index in [1.165, 1.54) is 148 Å². The van der Waals surface area contributed by atoms with E-state index in [-0.39, 0.29) is 127 Å². The average Bonchev–Trinajstić information content (AvgIpc) is 1.29. The molecule has 0 unspecified atom stereocenters. The van der Waals surface area contributed by atoms with E-state index in [1.807, 2.05) is 199 Å². The van der Waals surface area contributed by atoms with E-state index in [0.717, 1.165) is 138 Å². The zero-order valence-corrected chi connectivity index (χ0v) is 95.0. The monoisotopic (exact) mass is 2670 g/mol. The van der Waals surface area contributed by atoms with Gasteiger partial charge in [0.25, 0.3) is 0 Å². The fraction of sp³-hybridized carbons (Fsp3) is 0.168. The molecule has 14 nitrogen and oxygen atoms in total. The summed E-state index contributed by atoms with van der Waals surface area (Å²) in [7, 11) is 0. The van der Waals surface area contributed by atoms with Crippen LogP contribution in [0.25, 0.3) is 155 Å². The van der Waals surface area contributed by atoms with Gasteiger partial charge in [0.2, 0.25) is 5.69 Å². The Balaban J connectivity index is 0.000000176. The van der Waals surface area contributed by atoms with Gasteiger partial charge in [-0.05, 0) is 194 Å². The minimum Gasteiger partial charge on any atom is -0.512 e. The molecule has 13 aromatic carbocycles. The van der Waals surface area contributed by atoms with Crippen LogP contribution < -0.4 is 4.57 Å². The number of ketones is 3. The molecule has 0 amide bonds. The Morgan fingerprint density at radius 3 is 1.54 bits per heavy atom. The molecular formula is C131H120Ir4N8O6-4. The third kappa shape index (κ3) is 32.3. The maximum absolute atomic E-state index is 11.7. The quantitative estimate of drug-likeness (QED) is 0.0255. The zero-order valence-electron chi connectivity index (χ0n) is 85.4. The van der Waals surface area contributed by atoms with Gasteiger partial charge < -0.3 is 35.3 Å². The number of aliphatic hydroxyl groups excluding tert-OH is 3. The van der Waals surface area contributed by atoms with E-state index in [4.69, 9.17) is 25.2 Å². The van der Waals surface area contributed by atoms with Crippen molar-refractivity contribution in [3.63, 3.8) is 0 Å². The second kappa shape index (κ2) is 59.0. The summed E-state index contributed by atoms with van der Waals surface area (Å²) in [5.41, 5.74) is 26.8. The Morgan fingerprint density at radius 1 is 0.403 bits per heavy atom. The van der Waals surface area contributed by atoms with Gasteiger partial charge in [0, 0.05) is 164 Å². The molecule has 0 atom stereocenters. The maximum Gasteiger partial charge on any atom is 0.221 e. The van der Waals surface area contributed by atoms with Gasteiger partial charge in [-0.15, -0.1) is 166 Å². The largest absolute Gasteiger partial charge is 0.512 e. The molecule has 7 aromatic heterocycles. The first-order chi connectivity index (χ1) is 70.6. The summed E-state index contributed by atoms with van der Waals surface area (Å²) in [4.78, 5) is 63.6. The van der Waals surface area contributed by atoms with E-state index >= 15 is 0 Å². The Morgan fingerprint density at radius 2 is 0.953 bits per heavy atom. The van der Waals surface area contributed by atoms with Gasteiger partial charge in [0.05, 0.1) is 50.6 Å². The summed E-state index contributed by atoms with van der Waals surface area (Å²) in [5.74, 6) is 1.16. The Bertz CT molecular complexity index is 7720. The molecule has 1 aliphatic carbocycles. The molecule has 0 saturated heterocycles. The summed E-state index contributed by atoms with van der Waals surface area (Å²) in [5, 5.41) is 37.3. The summed E-state index contributed by atoms with van der Waals surface area (Å²) < 4.78 is 2.34. The van der Waals surface area contributed by atoms with E-state index in [9.17, 15) is 19.5 Å². The molecular weight excluding hydrogens is 2550 g/mol. The van der Waals surface area contributed by atoms with Crippen molar-refractivity contribution in [1.82, 2.24) is 34.9 Å². The van der Waals surface area contributed by atoms with E-state index in [1.54, 1.807) is 18.6 Å². The average molecular weight is 2670 g/mol. The number of nitrogens with zero attached hydrogens (tertiary/aromatic N) is 8. The molecule has 1 aliphatic heterocycles. The van der Waals surface area contributed by atoms with Crippen LogP contribution in [0.5, 0.6) is 0 Å². The molecule has 18 heteroatoms. The van der Waals surface area contributed by atoms with Crippen molar-refractivity contribution in [3.8, 4) is 89.8 Å².